The van der Waals surface area contributed by atoms with Gasteiger partial charge in [0.1, 0.15) is 61.2 Å². The van der Waals surface area contributed by atoms with Crippen molar-refractivity contribution in [2.45, 2.75) is 158 Å². The summed E-state index contributed by atoms with van der Waals surface area (Å²) in [6.45, 7) is 34.0. The minimum Gasteiger partial charge on any atom is -0.488 e. The number of hydrogen-bond donors (Lipinski definition) is 0. The summed E-state index contributed by atoms with van der Waals surface area (Å²) in [7, 11) is -2.39. The summed E-state index contributed by atoms with van der Waals surface area (Å²) in [6, 6.07) is 8.84. The van der Waals surface area contributed by atoms with E-state index < -0.39 is 55.1 Å². The molecule has 1 heterocycles. The van der Waals surface area contributed by atoms with Gasteiger partial charge in [0.15, 0.2) is 8.32 Å². The third kappa shape index (κ3) is 17.8. The number of nitro groups is 1. The van der Waals surface area contributed by atoms with Crippen molar-refractivity contribution in [1.82, 2.24) is 0 Å². The lowest BCUT2D eigenvalue weighted by atomic mass is 9.95. The van der Waals surface area contributed by atoms with E-state index >= 15 is 0 Å². The molecule has 1 fully saturated rings. The van der Waals surface area contributed by atoms with Gasteiger partial charge < -0.3 is 42.8 Å². The molecular weight excluding hydrogens is 837 g/mol. The molecule has 0 radical (unpaired) electrons. The lowest BCUT2D eigenvalue weighted by Gasteiger charge is -2.36. The van der Waals surface area contributed by atoms with Crippen molar-refractivity contribution >= 4 is 49.0 Å². The Morgan fingerprint density at radius 1 is 0.672 bits per heavy atom. The summed E-state index contributed by atoms with van der Waals surface area (Å²) in [6.07, 6.45) is 2.16. The summed E-state index contributed by atoms with van der Waals surface area (Å²) >= 11 is 0. The number of benzene rings is 2. The molecule has 64 heavy (non-hydrogen) atoms. The third-order valence-corrected chi connectivity index (χ3v) is 14.8. The van der Waals surface area contributed by atoms with Gasteiger partial charge in [-0.3, -0.25) is 24.5 Å². The number of ether oxygens (including phenoxy) is 5. The Hall–Kier alpha value is -4.57. The molecule has 0 amide bonds. The van der Waals surface area contributed by atoms with E-state index in [1.54, 1.807) is 47.6 Å². The van der Waals surface area contributed by atoms with Crippen LogP contribution in [-0.4, -0.2) is 100 Å². The fraction of sp³-hybridized carbons (Fsp3) is 0.688. The molecular formula is C48H78N4O11Si. The maximum atomic E-state index is 13.5. The summed E-state index contributed by atoms with van der Waals surface area (Å²) < 4.78 is 36.5. The molecule has 0 atom stereocenters. The minimum absolute atomic E-state index is 0.00585. The maximum absolute atomic E-state index is 13.5. The molecule has 0 aliphatic carbocycles. The van der Waals surface area contributed by atoms with Crippen LogP contribution in [0.5, 0.6) is 11.5 Å². The van der Waals surface area contributed by atoms with E-state index in [9.17, 15) is 24.5 Å². The van der Waals surface area contributed by atoms with Gasteiger partial charge in [0.05, 0.1) is 34.5 Å². The quantitative estimate of drug-likeness (QED) is 0.0327. The zero-order valence-corrected chi connectivity index (χ0v) is 42.9. The first-order valence-electron chi connectivity index (χ1n) is 22.4. The van der Waals surface area contributed by atoms with Crippen LogP contribution in [0.15, 0.2) is 30.3 Å². The molecule has 16 heteroatoms. The lowest BCUT2D eigenvalue weighted by Crippen LogP contribution is -2.41. The smallest absolute Gasteiger partial charge is 0.326 e. The highest BCUT2D eigenvalue weighted by Crippen LogP contribution is 2.41. The first kappa shape index (κ1) is 53.8. The molecule has 0 bridgehead atoms. The summed E-state index contributed by atoms with van der Waals surface area (Å²) in [5, 5.41) is 12.6. The molecule has 15 nitrogen and oxygen atoms in total. The molecule has 0 saturated carbocycles. The highest BCUT2D eigenvalue weighted by atomic mass is 28.4. The number of hydrogen-bond acceptors (Lipinski definition) is 14. The monoisotopic (exact) mass is 915 g/mol. The Kier molecular flexibility index (Phi) is 17.8. The lowest BCUT2D eigenvalue weighted by molar-refractivity contribution is -0.385. The molecule has 0 N–H and O–H groups in total. The highest BCUT2D eigenvalue weighted by molar-refractivity contribution is 6.74. The number of carbonyl (C=O) groups excluding carboxylic acids is 3. The van der Waals surface area contributed by atoms with Crippen molar-refractivity contribution in [1.29, 1.82) is 0 Å². The third-order valence-electron chi connectivity index (χ3n) is 10.3. The van der Waals surface area contributed by atoms with Crippen LogP contribution < -0.4 is 24.2 Å². The zero-order valence-electron chi connectivity index (χ0n) is 41.9. The predicted molar refractivity (Wildman–Crippen MR) is 255 cm³/mol. The number of anilines is 3. The molecule has 0 spiro atoms. The second-order valence-corrected chi connectivity index (χ2v) is 27.1. The van der Waals surface area contributed by atoms with Crippen LogP contribution in [0.2, 0.25) is 18.1 Å². The summed E-state index contributed by atoms with van der Waals surface area (Å²) in [4.78, 5) is 58.1. The van der Waals surface area contributed by atoms with Crippen LogP contribution in [0.25, 0.3) is 0 Å². The Morgan fingerprint density at radius 3 is 1.55 bits per heavy atom. The van der Waals surface area contributed by atoms with Gasteiger partial charge in [-0.2, -0.15) is 0 Å². The molecule has 1 aliphatic heterocycles. The van der Waals surface area contributed by atoms with Crippen molar-refractivity contribution < 1.29 is 47.4 Å². The highest BCUT2D eigenvalue weighted by Gasteiger charge is 2.38. The van der Waals surface area contributed by atoms with Crippen LogP contribution >= 0.6 is 0 Å². The largest absolute Gasteiger partial charge is 0.488 e. The van der Waals surface area contributed by atoms with Gasteiger partial charge in [-0.05, 0) is 117 Å². The molecule has 3 rings (SSSR count). The van der Waals surface area contributed by atoms with Crippen molar-refractivity contribution in [2.75, 3.05) is 67.2 Å². The zero-order chi connectivity index (χ0) is 48.6. The van der Waals surface area contributed by atoms with Crippen LogP contribution in [0.4, 0.5) is 22.7 Å². The van der Waals surface area contributed by atoms with Gasteiger partial charge >= 0.3 is 17.9 Å². The van der Waals surface area contributed by atoms with E-state index in [1.807, 2.05) is 43.9 Å². The Morgan fingerprint density at radius 2 is 1.12 bits per heavy atom. The van der Waals surface area contributed by atoms with Gasteiger partial charge in [-0.1, -0.05) is 41.5 Å². The van der Waals surface area contributed by atoms with E-state index in [1.165, 1.54) is 11.0 Å². The van der Waals surface area contributed by atoms with Crippen molar-refractivity contribution in [2.24, 2.45) is 5.41 Å². The number of rotatable bonds is 19. The van der Waals surface area contributed by atoms with Gasteiger partial charge in [-0.15, -0.1) is 0 Å². The van der Waals surface area contributed by atoms with Crippen molar-refractivity contribution in [3.8, 4) is 11.5 Å². The van der Waals surface area contributed by atoms with E-state index in [0.29, 0.717) is 18.0 Å². The number of nitro benzene ring substituents is 1. The second-order valence-electron chi connectivity index (χ2n) is 22.3. The molecule has 2 aromatic carbocycles. The Balaban J connectivity index is 2.13. The summed E-state index contributed by atoms with van der Waals surface area (Å²) in [5.41, 5.74) is -0.597. The Labute approximate surface area is 383 Å². The number of nitrogens with zero attached hydrogens (tertiary/aromatic N) is 4. The standard InChI is InChI=1S/C48H78N4O11Si/c1-44(2,3)33-51(31-43(55)63-47(10,11)12)36-21-20-35(49-22-18-19-23-49)27-39(36)58-24-25-59-40-28-37(52(56)57)34(32-60-64(16,17)48(13,14)15)26-38(40)50(29-41(53)61-45(4,5)6)30-42(54)62-46(7,8)9/h20-21,26-28H,18-19,22-25,29-33H2,1-17H3. The molecule has 1 aliphatic rings. The maximum Gasteiger partial charge on any atom is 0.326 e. The predicted octanol–water partition coefficient (Wildman–Crippen LogP) is 9.86. The number of esters is 3. The minimum atomic E-state index is -2.39. The second kappa shape index (κ2) is 21.2. The fourth-order valence-electron chi connectivity index (χ4n) is 6.69. The normalized spacial score (nSPS) is 13.9. The van der Waals surface area contributed by atoms with Crippen LogP contribution in [0.1, 0.15) is 122 Å². The van der Waals surface area contributed by atoms with Crippen molar-refractivity contribution in [3.05, 3.63) is 46.0 Å². The van der Waals surface area contributed by atoms with E-state index in [-0.39, 0.29) is 65.5 Å². The van der Waals surface area contributed by atoms with Gasteiger partial charge in [-0.25, -0.2) is 0 Å². The van der Waals surface area contributed by atoms with Gasteiger partial charge in [0.2, 0.25) is 0 Å². The van der Waals surface area contributed by atoms with Gasteiger partial charge in [0.25, 0.3) is 5.69 Å². The molecule has 1 saturated heterocycles. The first-order chi connectivity index (χ1) is 29.1. The van der Waals surface area contributed by atoms with Crippen molar-refractivity contribution in [3.63, 3.8) is 0 Å². The SMILES string of the molecule is CC(C)(C)CN(CC(=O)OC(C)(C)C)c1ccc(N2CCCC2)cc1OCCOc1cc([N+](=O)[O-])c(CO[Si](C)(C)C(C)(C)C)cc1N(CC(=O)OC(C)(C)C)CC(=O)OC(C)(C)C. The summed E-state index contributed by atoms with van der Waals surface area (Å²) in [5.74, 6) is -1.05. The van der Waals surface area contributed by atoms with E-state index in [4.69, 9.17) is 28.1 Å². The first-order valence-corrected chi connectivity index (χ1v) is 25.3. The topological polar surface area (TPSA) is 159 Å². The molecule has 0 unspecified atom stereocenters. The van der Waals surface area contributed by atoms with E-state index in [2.05, 4.69) is 59.5 Å². The van der Waals surface area contributed by atoms with Gasteiger partial charge in [0, 0.05) is 31.4 Å². The average molecular weight is 915 g/mol. The number of carbonyl (C=O) groups is 3. The fourth-order valence-corrected chi connectivity index (χ4v) is 7.64. The average Bonchev–Trinajstić information content (AvgIpc) is 3.64. The molecule has 0 aromatic heterocycles. The molecule has 2 aromatic rings. The Bertz CT molecular complexity index is 1900. The molecule has 360 valence electrons. The van der Waals surface area contributed by atoms with Crippen LogP contribution in [0.3, 0.4) is 0 Å². The van der Waals surface area contributed by atoms with E-state index in [0.717, 1.165) is 31.6 Å². The van der Waals surface area contributed by atoms with Crippen LogP contribution in [0, 0.1) is 15.5 Å². The van der Waals surface area contributed by atoms with Crippen LogP contribution in [-0.2, 0) is 39.6 Å².